The van der Waals surface area contributed by atoms with Gasteiger partial charge in [-0.15, -0.1) is 0 Å². The fourth-order valence-corrected chi connectivity index (χ4v) is 1.91. The molecule has 7 nitrogen and oxygen atoms in total. The number of nitrogens with zero attached hydrogens (tertiary/aromatic N) is 1. The van der Waals surface area contributed by atoms with Crippen LogP contribution >= 0.6 is 0 Å². The number of carboxylic acids is 1. The topological polar surface area (TPSA) is 107 Å². The molecule has 0 aromatic carbocycles. The van der Waals surface area contributed by atoms with E-state index >= 15 is 0 Å². The number of carbonyl (C=O) groups is 3. The van der Waals surface area contributed by atoms with Crippen molar-refractivity contribution in [1.82, 2.24) is 10.2 Å². The number of β-amino-alcohol motifs (C(OH)–C–C–N with tert-alkyl or cyclic N) is 1. The minimum atomic E-state index is -1.15. The summed E-state index contributed by atoms with van der Waals surface area (Å²) in [6, 6.07) is -1.81. The van der Waals surface area contributed by atoms with Crippen LogP contribution in [0.1, 0.15) is 20.3 Å². The van der Waals surface area contributed by atoms with Crippen molar-refractivity contribution in [3.8, 4) is 0 Å². The second kappa shape index (κ2) is 5.13. The van der Waals surface area contributed by atoms with Crippen molar-refractivity contribution in [2.24, 2.45) is 0 Å². The number of aliphatic carboxylic acids is 1. The second-order valence-corrected chi connectivity index (χ2v) is 4.16. The van der Waals surface area contributed by atoms with Gasteiger partial charge in [-0.1, -0.05) is 0 Å². The number of hydrogen-bond acceptors (Lipinski definition) is 4. The number of likely N-dealkylation sites (tertiary alicyclic amines) is 1. The van der Waals surface area contributed by atoms with Crippen molar-refractivity contribution in [2.75, 3.05) is 6.54 Å². The molecule has 1 saturated heterocycles. The van der Waals surface area contributed by atoms with Crippen LogP contribution in [-0.4, -0.2) is 57.6 Å². The summed E-state index contributed by atoms with van der Waals surface area (Å²) in [7, 11) is 0. The van der Waals surface area contributed by atoms with Crippen molar-refractivity contribution < 1.29 is 24.6 Å². The Labute approximate surface area is 98.4 Å². The Hall–Kier alpha value is -1.63. The molecule has 3 N–H and O–H groups in total. The van der Waals surface area contributed by atoms with E-state index in [0.29, 0.717) is 0 Å². The summed E-state index contributed by atoms with van der Waals surface area (Å²) in [6.07, 6.45) is -0.807. The van der Waals surface area contributed by atoms with Crippen molar-refractivity contribution >= 4 is 17.8 Å². The molecule has 1 fully saturated rings. The molecule has 1 heterocycles. The van der Waals surface area contributed by atoms with Crippen molar-refractivity contribution in [1.29, 1.82) is 0 Å². The maximum Gasteiger partial charge on any atom is 0.326 e. The van der Waals surface area contributed by atoms with E-state index in [4.69, 9.17) is 5.11 Å². The van der Waals surface area contributed by atoms with Gasteiger partial charge in [0, 0.05) is 19.9 Å². The molecule has 1 unspecified atom stereocenters. The fourth-order valence-electron chi connectivity index (χ4n) is 1.91. The fraction of sp³-hybridized carbons (Fsp3) is 0.700. The summed E-state index contributed by atoms with van der Waals surface area (Å²) in [5.74, 6) is -2.01. The third kappa shape index (κ3) is 3.16. The zero-order valence-corrected chi connectivity index (χ0v) is 9.71. The summed E-state index contributed by atoms with van der Waals surface area (Å²) < 4.78 is 0. The normalized spacial score (nSPS) is 25.5. The molecule has 0 bridgehead atoms. The maximum absolute atomic E-state index is 11.9. The molecule has 2 amide bonds. The van der Waals surface area contributed by atoms with Gasteiger partial charge in [-0.05, 0) is 6.92 Å². The quantitative estimate of drug-likeness (QED) is 0.563. The first kappa shape index (κ1) is 13.4. The van der Waals surface area contributed by atoms with Crippen LogP contribution in [-0.2, 0) is 14.4 Å². The molecule has 3 atom stereocenters. The van der Waals surface area contributed by atoms with Crippen molar-refractivity contribution in [3.63, 3.8) is 0 Å². The van der Waals surface area contributed by atoms with Crippen LogP contribution in [0.15, 0.2) is 0 Å². The summed E-state index contributed by atoms with van der Waals surface area (Å²) in [5.41, 5.74) is 0. The van der Waals surface area contributed by atoms with Crippen molar-refractivity contribution in [2.45, 2.75) is 38.5 Å². The predicted octanol–water partition coefficient (Wildman–Crippen LogP) is -1.44. The molecule has 17 heavy (non-hydrogen) atoms. The SMILES string of the molecule is CC(=O)NC(C)C(=O)N1C[C@H](O)C[C@H]1C(=O)O. The van der Waals surface area contributed by atoms with Crippen LogP contribution in [0.25, 0.3) is 0 Å². The monoisotopic (exact) mass is 244 g/mol. The van der Waals surface area contributed by atoms with E-state index in [1.54, 1.807) is 0 Å². The number of hydrogen-bond donors (Lipinski definition) is 3. The molecule has 7 heteroatoms. The Morgan fingerprint density at radius 3 is 2.47 bits per heavy atom. The Morgan fingerprint density at radius 1 is 1.41 bits per heavy atom. The van der Waals surface area contributed by atoms with E-state index in [-0.39, 0.29) is 18.9 Å². The summed E-state index contributed by atoms with van der Waals surface area (Å²) in [4.78, 5) is 34.7. The average molecular weight is 244 g/mol. The van der Waals surface area contributed by atoms with Gasteiger partial charge in [-0.25, -0.2) is 4.79 Å². The van der Waals surface area contributed by atoms with Crippen LogP contribution in [0, 0.1) is 0 Å². The highest BCUT2D eigenvalue weighted by Crippen LogP contribution is 2.19. The maximum atomic E-state index is 11.9. The lowest BCUT2D eigenvalue weighted by Gasteiger charge is -2.24. The van der Waals surface area contributed by atoms with Crippen molar-refractivity contribution in [3.05, 3.63) is 0 Å². The molecule has 0 aromatic rings. The van der Waals surface area contributed by atoms with E-state index in [1.807, 2.05) is 0 Å². The highest BCUT2D eigenvalue weighted by atomic mass is 16.4. The van der Waals surface area contributed by atoms with Gasteiger partial charge < -0.3 is 20.4 Å². The largest absolute Gasteiger partial charge is 0.480 e. The molecule has 0 aromatic heterocycles. The number of aliphatic hydroxyl groups is 1. The minimum Gasteiger partial charge on any atom is -0.480 e. The van der Waals surface area contributed by atoms with E-state index in [1.165, 1.54) is 13.8 Å². The molecule has 0 spiro atoms. The van der Waals surface area contributed by atoms with Crippen LogP contribution in [0.2, 0.25) is 0 Å². The molecule has 1 rings (SSSR count). The Bertz CT molecular complexity index is 344. The third-order valence-corrected chi connectivity index (χ3v) is 2.64. The highest BCUT2D eigenvalue weighted by molar-refractivity contribution is 5.90. The number of carboxylic acid groups (broad SMARTS) is 1. The third-order valence-electron chi connectivity index (χ3n) is 2.64. The van der Waals surface area contributed by atoms with Crippen LogP contribution < -0.4 is 5.32 Å². The second-order valence-electron chi connectivity index (χ2n) is 4.16. The average Bonchev–Trinajstić information content (AvgIpc) is 2.58. The smallest absolute Gasteiger partial charge is 0.326 e. The first-order valence-corrected chi connectivity index (χ1v) is 5.31. The Balaban J connectivity index is 2.73. The lowest BCUT2D eigenvalue weighted by Crippen LogP contribution is -2.50. The molecule has 0 aliphatic carbocycles. The molecule has 0 saturated carbocycles. The Morgan fingerprint density at radius 2 is 2.00 bits per heavy atom. The summed E-state index contributed by atoms with van der Waals surface area (Å²) in [5, 5.41) is 20.7. The van der Waals surface area contributed by atoms with Gasteiger partial charge >= 0.3 is 5.97 Å². The number of rotatable bonds is 3. The van der Waals surface area contributed by atoms with Gasteiger partial charge in [0.2, 0.25) is 11.8 Å². The van der Waals surface area contributed by atoms with Crippen LogP contribution in [0.4, 0.5) is 0 Å². The van der Waals surface area contributed by atoms with Gasteiger partial charge in [0.05, 0.1) is 6.10 Å². The summed E-state index contributed by atoms with van der Waals surface area (Å²) in [6.45, 7) is 2.74. The molecule has 1 aliphatic rings. The zero-order valence-electron chi connectivity index (χ0n) is 9.71. The molecule has 96 valence electrons. The lowest BCUT2D eigenvalue weighted by molar-refractivity contribution is -0.149. The van der Waals surface area contributed by atoms with E-state index in [2.05, 4.69) is 5.32 Å². The zero-order chi connectivity index (χ0) is 13.2. The van der Waals surface area contributed by atoms with Gasteiger partial charge in [0.25, 0.3) is 0 Å². The molecule has 0 radical (unpaired) electrons. The molecule has 1 aliphatic heterocycles. The number of carbonyl (C=O) groups excluding carboxylic acids is 2. The standard InChI is InChI=1S/C10H16N2O5/c1-5(11-6(2)13)9(15)12-4-7(14)3-8(12)10(16)17/h5,7-8,14H,3-4H2,1-2H3,(H,11,13)(H,16,17)/t5?,7-,8+/m1/s1. The van der Waals surface area contributed by atoms with Gasteiger partial charge in [-0.3, -0.25) is 9.59 Å². The van der Waals surface area contributed by atoms with E-state index in [0.717, 1.165) is 4.90 Å². The molecular formula is C10H16N2O5. The van der Waals surface area contributed by atoms with Gasteiger partial charge in [-0.2, -0.15) is 0 Å². The first-order valence-electron chi connectivity index (χ1n) is 5.31. The van der Waals surface area contributed by atoms with Gasteiger partial charge in [0.15, 0.2) is 0 Å². The molecular weight excluding hydrogens is 228 g/mol. The predicted molar refractivity (Wildman–Crippen MR) is 57.0 cm³/mol. The van der Waals surface area contributed by atoms with E-state index in [9.17, 15) is 19.5 Å². The highest BCUT2D eigenvalue weighted by Gasteiger charge is 2.40. The minimum absolute atomic E-state index is 0.0142. The van der Waals surface area contributed by atoms with E-state index < -0.39 is 30.1 Å². The lowest BCUT2D eigenvalue weighted by atomic mass is 10.2. The number of amides is 2. The van der Waals surface area contributed by atoms with Crippen LogP contribution in [0.3, 0.4) is 0 Å². The Kier molecular flexibility index (Phi) is 4.06. The number of aliphatic hydroxyl groups excluding tert-OH is 1. The number of nitrogens with one attached hydrogen (secondary N) is 1. The van der Waals surface area contributed by atoms with Gasteiger partial charge in [0.1, 0.15) is 12.1 Å². The summed E-state index contributed by atoms with van der Waals surface area (Å²) >= 11 is 0. The first-order chi connectivity index (χ1) is 7.82. The van der Waals surface area contributed by atoms with Crippen LogP contribution in [0.5, 0.6) is 0 Å².